The van der Waals surface area contributed by atoms with Gasteiger partial charge in [0.1, 0.15) is 35.0 Å². The summed E-state index contributed by atoms with van der Waals surface area (Å²) in [6.45, 7) is 1.84. The summed E-state index contributed by atoms with van der Waals surface area (Å²) in [6.07, 6.45) is 9.77. The first kappa shape index (κ1) is 17.0. The zero-order chi connectivity index (χ0) is 19.5. The number of aryl methyl sites for hydroxylation is 1. The molecule has 3 heterocycles. The van der Waals surface area contributed by atoms with Gasteiger partial charge in [0, 0.05) is 6.07 Å². The average Bonchev–Trinajstić information content (AvgIpc) is 3.45. The molecule has 2 unspecified atom stereocenters. The van der Waals surface area contributed by atoms with Crippen molar-refractivity contribution in [3.8, 4) is 0 Å². The van der Waals surface area contributed by atoms with Crippen LogP contribution < -0.4 is 21.9 Å². The summed E-state index contributed by atoms with van der Waals surface area (Å²) in [6, 6.07) is 3.25. The molecular weight excluding hydrogens is 356 g/mol. The van der Waals surface area contributed by atoms with Crippen molar-refractivity contribution >= 4 is 23.2 Å². The highest BCUT2D eigenvalue weighted by atomic mass is 16.2. The maximum absolute atomic E-state index is 13.3. The molecular formula is C20H22N6O2. The van der Waals surface area contributed by atoms with E-state index >= 15 is 0 Å². The Hall–Kier alpha value is -3.16. The number of nitrogens with one attached hydrogen (secondary N) is 2. The number of hydrogen-bond acceptors (Lipinski definition) is 6. The van der Waals surface area contributed by atoms with Gasteiger partial charge in [-0.15, -0.1) is 0 Å². The highest BCUT2D eigenvalue weighted by Crippen LogP contribution is 2.45. The monoisotopic (exact) mass is 378 g/mol. The Balaban J connectivity index is 1.59. The molecule has 144 valence electrons. The number of nitrogen functional groups attached to an aromatic ring is 1. The lowest BCUT2D eigenvalue weighted by Gasteiger charge is -2.34. The Labute approximate surface area is 161 Å². The molecule has 8 nitrogen and oxygen atoms in total. The van der Waals surface area contributed by atoms with E-state index in [9.17, 15) is 9.59 Å². The van der Waals surface area contributed by atoms with Crippen molar-refractivity contribution < 1.29 is 4.79 Å². The Bertz CT molecular complexity index is 1070. The molecule has 8 heteroatoms. The minimum absolute atomic E-state index is 0.207. The van der Waals surface area contributed by atoms with E-state index in [1.807, 2.05) is 13.0 Å². The second-order valence-corrected chi connectivity index (χ2v) is 7.96. The summed E-state index contributed by atoms with van der Waals surface area (Å²) in [7, 11) is 0. The van der Waals surface area contributed by atoms with Gasteiger partial charge in [-0.1, -0.05) is 6.08 Å². The Kier molecular flexibility index (Phi) is 3.59. The third-order valence-corrected chi connectivity index (χ3v) is 5.99. The van der Waals surface area contributed by atoms with Gasteiger partial charge in [-0.05, 0) is 62.1 Å². The van der Waals surface area contributed by atoms with Crippen LogP contribution in [0.5, 0.6) is 0 Å². The van der Waals surface area contributed by atoms with Gasteiger partial charge in [0.05, 0.1) is 0 Å². The van der Waals surface area contributed by atoms with E-state index in [-0.39, 0.29) is 11.5 Å². The third kappa shape index (κ3) is 2.59. The molecule has 0 aromatic carbocycles. The number of hydrogen-bond donors (Lipinski definition) is 3. The van der Waals surface area contributed by atoms with Crippen molar-refractivity contribution in [3.63, 3.8) is 0 Å². The number of carbonyl (C=O) groups excluding carboxylic acids is 1. The van der Waals surface area contributed by atoms with Crippen LogP contribution in [0.25, 0.3) is 0 Å². The number of anilines is 3. The van der Waals surface area contributed by atoms with Crippen molar-refractivity contribution in [2.75, 3.05) is 11.1 Å². The predicted molar refractivity (Wildman–Crippen MR) is 105 cm³/mol. The number of rotatable bonds is 3. The van der Waals surface area contributed by atoms with Crippen molar-refractivity contribution in [1.29, 1.82) is 0 Å². The first-order valence-electron chi connectivity index (χ1n) is 9.60. The molecule has 1 saturated carbocycles. The lowest BCUT2D eigenvalue weighted by molar-refractivity contribution is 0.0928. The standard InChI is InChI=1S/C20H22N6O2/c1-11-8-14(24-16-9-15(21)22-10-23-16)19(28)26-17(11)18(27)25-20(26)6-4-13(5-7-20)12-2-3-12/h4,6,8-10,12-13H,2-3,5,7H2,1H3,(H,25,27)(H3,21,22,23,24). The molecule has 1 fully saturated rings. The Morgan fingerprint density at radius 1 is 1.25 bits per heavy atom. The highest BCUT2D eigenvalue weighted by Gasteiger charge is 2.46. The molecule has 2 aliphatic carbocycles. The van der Waals surface area contributed by atoms with Gasteiger partial charge >= 0.3 is 0 Å². The molecule has 4 N–H and O–H groups in total. The maximum atomic E-state index is 13.3. The van der Waals surface area contributed by atoms with Crippen LogP contribution in [-0.4, -0.2) is 20.4 Å². The quantitative estimate of drug-likeness (QED) is 0.704. The van der Waals surface area contributed by atoms with Gasteiger partial charge in [-0.3, -0.25) is 14.2 Å². The topological polar surface area (TPSA) is 115 Å². The summed E-state index contributed by atoms with van der Waals surface area (Å²) in [5.74, 6) is 1.85. The van der Waals surface area contributed by atoms with Gasteiger partial charge in [-0.25, -0.2) is 9.97 Å². The smallest absolute Gasteiger partial charge is 0.277 e. The molecule has 5 rings (SSSR count). The third-order valence-electron chi connectivity index (χ3n) is 5.99. The van der Waals surface area contributed by atoms with Crippen LogP contribution in [0, 0.1) is 18.8 Å². The molecule has 2 aromatic rings. The van der Waals surface area contributed by atoms with E-state index in [0.717, 1.165) is 17.9 Å². The molecule has 1 spiro atoms. The lowest BCUT2D eigenvalue weighted by Crippen LogP contribution is -2.47. The largest absolute Gasteiger partial charge is 0.384 e. The number of nitrogens with zero attached hydrogens (tertiary/aromatic N) is 3. The SMILES string of the molecule is Cc1cc(Nc2cc(N)ncn2)c(=O)n2c1C(=O)NC21C=CC(C2CC2)CC1. The number of allylic oxidation sites excluding steroid dienone is 1. The normalized spacial score (nSPS) is 25.6. The molecule has 2 aromatic heterocycles. The lowest BCUT2D eigenvalue weighted by atomic mass is 9.85. The van der Waals surface area contributed by atoms with Crippen molar-refractivity contribution in [3.05, 3.63) is 52.2 Å². The van der Waals surface area contributed by atoms with E-state index in [4.69, 9.17) is 5.73 Å². The highest BCUT2D eigenvalue weighted by molar-refractivity contribution is 5.97. The minimum atomic E-state index is -0.790. The second kappa shape index (κ2) is 5.92. The molecule has 0 radical (unpaired) electrons. The van der Waals surface area contributed by atoms with E-state index in [1.54, 1.807) is 16.7 Å². The van der Waals surface area contributed by atoms with Crippen LogP contribution in [0.2, 0.25) is 0 Å². The zero-order valence-corrected chi connectivity index (χ0v) is 15.6. The zero-order valence-electron chi connectivity index (χ0n) is 15.6. The number of amides is 1. The summed E-state index contributed by atoms with van der Waals surface area (Å²) in [5, 5.41) is 6.09. The number of aromatic nitrogens is 3. The first-order chi connectivity index (χ1) is 13.5. The van der Waals surface area contributed by atoms with Crippen molar-refractivity contribution in [1.82, 2.24) is 19.9 Å². The summed E-state index contributed by atoms with van der Waals surface area (Å²) in [5.41, 5.74) is 6.17. The number of fused-ring (bicyclic) bond motifs is 2. The summed E-state index contributed by atoms with van der Waals surface area (Å²) >= 11 is 0. The molecule has 0 saturated heterocycles. The maximum Gasteiger partial charge on any atom is 0.277 e. The van der Waals surface area contributed by atoms with Crippen LogP contribution in [0.15, 0.2) is 35.4 Å². The fourth-order valence-corrected chi connectivity index (χ4v) is 4.44. The van der Waals surface area contributed by atoms with Gasteiger partial charge < -0.3 is 16.4 Å². The van der Waals surface area contributed by atoms with Crippen molar-refractivity contribution in [2.24, 2.45) is 11.8 Å². The molecule has 28 heavy (non-hydrogen) atoms. The Morgan fingerprint density at radius 2 is 2.07 bits per heavy atom. The van der Waals surface area contributed by atoms with Crippen LogP contribution in [-0.2, 0) is 5.66 Å². The van der Waals surface area contributed by atoms with Crippen LogP contribution >= 0.6 is 0 Å². The van der Waals surface area contributed by atoms with Crippen LogP contribution in [0.1, 0.15) is 41.7 Å². The number of carbonyl (C=O) groups is 1. The van der Waals surface area contributed by atoms with Gasteiger partial charge in [-0.2, -0.15) is 0 Å². The van der Waals surface area contributed by atoms with E-state index in [2.05, 4.69) is 26.7 Å². The van der Waals surface area contributed by atoms with Crippen LogP contribution in [0.4, 0.5) is 17.3 Å². The number of pyridine rings is 1. The molecule has 0 bridgehead atoms. The van der Waals surface area contributed by atoms with E-state index in [1.165, 1.54) is 19.2 Å². The molecule has 2 atom stereocenters. The molecule has 3 aliphatic rings. The van der Waals surface area contributed by atoms with Crippen molar-refractivity contribution in [2.45, 2.75) is 38.3 Å². The number of nitrogens with two attached hydrogens (primary N) is 1. The van der Waals surface area contributed by atoms with Gasteiger partial charge in [0.15, 0.2) is 0 Å². The van der Waals surface area contributed by atoms with Gasteiger partial charge in [0.2, 0.25) is 0 Å². The average molecular weight is 378 g/mol. The summed E-state index contributed by atoms with van der Waals surface area (Å²) in [4.78, 5) is 34.0. The first-order valence-corrected chi connectivity index (χ1v) is 9.60. The van der Waals surface area contributed by atoms with Gasteiger partial charge in [0.25, 0.3) is 11.5 Å². The second-order valence-electron chi connectivity index (χ2n) is 7.96. The fourth-order valence-electron chi connectivity index (χ4n) is 4.44. The van der Waals surface area contributed by atoms with E-state index in [0.29, 0.717) is 35.4 Å². The van der Waals surface area contributed by atoms with Crippen LogP contribution in [0.3, 0.4) is 0 Å². The molecule has 1 aliphatic heterocycles. The predicted octanol–water partition coefficient (Wildman–Crippen LogP) is 2.04. The summed E-state index contributed by atoms with van der Waals surface area (Å²) < 4.78 is 1.61. The van der Waals surface area contributed by atoms with E-state index < -0.39 is 5.66 Å². The Morgan fingerprint density at radius 3 is 2.75 bits per heavy atom. The fraction of sp³-hybridized carbons (Fsp3) is 0.400. The minimum Gasteiger partial charge on any atom is -0.384 e. The molecule has 1 amide bonds.